The van der Waals surface area contributed by atoms with E-state index in [1.165, 1.54) is 12.1 Å². The zero-order valence-electron chi connectivity index (χ0n) is 11.9. The first-order chi connectivity index (χ1) is 10.1. The molecule has 0 aliphatic carbocycles. The summed E-state index contributed by atoms with van der Waals surface area (Å²) < 4.78 is 5.41. The smallest absolute Gasteiger partial charge is 0.335 e. The Kier molecular flexibility index (Phi) is 3.68. The van der Waals surface area contributed by atoms with E-state index in [1.807, 2.05) is 4.90 Å². The Hall–Kier alpha value is -1.88. The number of carboxylic acid groups (broad SMARTS) is 1. The Morgan fingerprint density at radius 3 is 2.29 bits per heavy atom. The van der Waals surface area contributed by atoms with E-state index in [0.29, 0.717) is 5.56 Å². The van der Waals surface area contributed by atoms with Crippen molar-refractivity contribution in [1.29, 1.82) is 0 Å². The summed E-state index contributed by atoms with van der Waals surface area (Å²) in [5, 5.41) is 8.88. The lowest BCUT2D eigenvalue weighted by molar-refractivity contribution is 0.0191. The monoisotopic (exact) mass is 289 g/mol. The molecule has 3 rings (SSSR count). The SMILES string of the molecule is O=C(O)c1ccc(C(=O)N2CCC3(CCOCC3)C2)cc1. The molecule has 21 heavy (non-hydrogen) atoms. The van der Waals surface area contributed by atoms with Crippen molar-refractivity contribution in [1.82, 2.24) is 4.90 Å². The number of likely N-dealkylation sites (tertiary alicyclic amines) is 1. The molecule has 5 nitrogen and oxygen atoms in total. The summed E-state index contributed by atoms with van der Waals surface area (Å²) >= 11 is 0. The highest BCUT2D eigenvalue weighted by Crippen LogP contribution is 2.40. The van der Waals surface area contributed by atoms with Gasteiger partial charge in [-0.1, -0.05) is 0 Å². The summed E-state index contributed by atoms with van der Waals surface area (Å²) in [6, 6.07) is 6.16. The van der Waals surface area contributed by atoms with Gasteiger partial charge in [-0.05, 0) is 48.9 Å². The van der Waals surface area contributed by atoms with E-state index in [9.17, 15) is 9.59 Å². The normalized spacial score (nSPS) is 20.7. The average Bonchev–Trinajstić information content (AvgIpc) is 2.91. The van der Waals surface area contributed by atoms with Gasteiger partial charge in [0.25, 0.3) is 5.91 Å². The second kappa shape index (κ2) is 5.48. The molecule has 1 aromatic rings. The Labute approximate surface area is 123 Å². The van der Waals surface area contributed by atoms with Gasteiger partial charge >= 0.3 is 5.97 Å². The molecule has 1 spiro atoms. The van der Waals surface area contributed by atoms with Crippen LogP contribution < -0.4 is 0 Å². The standard InChI is InChI=1S/C16H19NO4/c18-14(12-1-3-13(4-2-12)15(19)20)17-8-5-16(11-17)6-9-21-10-7-16/h1-4H,5-11H2,(H,19,20). The molecular formula is C16H19NO4. The number of hydrogen-bond donors (Lipinski definition) is 1. The van der Waals surface area contributed by atoms with Gasteiger partial charge in [0.2, 0.25) is 0 Å². The third-order valence-corrected chi connectivity index (χ3v) is 4.66. The Bertz CT molecular complexity index is 546. The summed E-state index contributed by atoms with van der Waals surface area (Å²) in [6.07, 6.45) is 3.08. The van der Waals surface area contributed by atoms with Crippen molar-refractivity contribution in [2.24, 2.45) is 5.41 Å². The van der Waals surface area contributed by atoms with Crippen LogP contribution in [0.3, 0.4) is 0 Å². The van der Waals surface area contributed by atoms with Gasteiger partial charge in [0.1, 0.15) is 0 Å². The third kappa shape index (κ3) is 2.78. The molecule has 0 atom stereocenters. The molecule has 5 heteroatoms. The largest absolute Gasteiger partial charge is 0.478 e. The molecule has 1 amide bonds. The van der Waals surface area contributed by atoms with Crippen molar-refractivity contribution < 1.29 is 19.4 Å². The highest BCUT2D eigenvalue weighted by molar-refractivity contribution is 5.96. The zero-order valence-corrected chi connectivity index (χ0v) is 11.9. The zero-order chi connectivity index (χ0) is 14.9. The van der Waals surface area contributed by atoms with Crippen LogP contribution in [0.15, 0.2) is 24.3 Å². The quantitative estimate of drug-likeness (QED) is 0.904. The highest BCUT2D eigenvalue weighted by Gasteiger charge is 2.41. The number of ether oxygens (including phenoxy) is 1. The van der Waals surface area contributed by atoms with Gasteiger partial charge in [0.05, 0.1) is 5.56 Å². The number of carboxylic acids is 1. The summed E-state index contributed by atoms with van der Waals surface area (Å²) in [4.78, 5) is 25.2. The highest BCUT2D eigenvalue weighted by atomic mass is 16.5. The van der Waals surface area contributed by atoms with E-state index < -0.39 is 5.97 Å². The maximum Gasteiger partial charge on any atom is 0.335 e. The van der Waals surface area contributed by atoms with Crippen LogP contribution in [0, 0.1) is 5.41 Å². The molecule has 2 fully saturated rings. The molecule has 0 saturated carbocycles. The minimum Gasteiger partial charge on any atom is -0.478 e. The number of hydrogen-bond acceptors (Lipinski definition) is 3. The second-order valence-corrected chi connectivity index (χ2v) is 5.97. The van der Waals surface area contributed by atoms with Crippen LogP contribution in [0.5, 0.6) is 0 Å². The van der Waals surface area contributed by atoms with Crippen LogP contribution in [-0.2, 0) is 4.74 Å². The first-order valence-electron chi connectivity index (χ1n) is 7.30. The summed E-state index contributed by atoms with van der Waals surface area (Å²) in [5.74, 6) is -0.980. The van der Waals surface area contributed by atoms with Gasteiger partial charge in [-0.2, -0.15) is 0 Å². The molecule has 1 N–H and O–H groups in total. The van der Waals surface area contributed by atoms with Crippen LogP contribution in [0.4, 0.5) is 0 Å². The molecular weight excluding hydrogens is 270 g/mol. The number of carbonyl (C=O) groups excluding carboxylic acids is 1. The summed E-state index contributed by atoms with van der Waals surface area (Å²) in [7, 11) is 0. The van der Waals surface area contributed by atoms with Crippen molar-refractivity contribution in [3.63, 3.8) is 0 Å². The van der Waals surface area contributed by atoms with Crippen LogP contribution >= 0.6 is 0 Å². The lowest BCUT2D eigenvalue weighted by atomic mass is 9.80. The topological polar surface area (TPSA) is 66.8 Å². The van der Waals surface area contributed by atoms with Gasteiger partial charge < -0.3 is 14.7 Å². The predicted octanol–water partition coefficient (Wildman–Crippen LogP) is 2.03. The summed E-state index contributed by atoms with van der Waals surface area (Å²) in [5.41, 5.74) is 0.993. The lowest BCUT2D eigenvalue weighted by Crippen LogP contribution is -2.35. The first kappa shape index (κ1) is 14.1. The number of amides is 1. The minimum atomic E-state index is -0.976. The maximum absolute atomic E-state index is 12.5. The number of aromatic carboxylic acids is 1. The number of benzene rings is 1. The maximum atomic E-state index is 12.5. The number of carbonyl (C=O) groups is 2. The molecule has 2 saturated heterocycles. The van der Waals surface area contributed by atoms with E-state index in [2.05, 4.69) is 0 Å². The Morgan fingerprint density at radius 1 is 1.05 bits per heavy atom. The lowest BCUT2D eigenvalue weighted by Gasteiger charge is -2.33. The molecule has 0 radical (unpaired) electrons. The van der Waals surface area contributed by atoms with Gasteiger partial charge in [-0.25, -0.2) is 4.79 Å². The van der Waals surface area contributed by atoms with Crippen molar-refractivity contribution in [2.75, 3.05) is 26.3 Å². The molecule has 2 aliphatic heterocycles. The van der Waals surface area contributed by atoms with E-state index in [1.54, 1.807) is 12.1 Å². The van der Waals surface area contributed by atoms with Gasteiger partial charge in [-0.3, -0.25) is 4.79 Å². The van der Waals surface area contributed by atoms with Crippen molar-refractivity contribution in [3.05, 3.63) is 35.4 Å². The first-order valence-corrected chi connectivity index (χ1v) is 7.30. The molecule has 1 aromatic carbocycles. The fourth-order valence-electron chi connectivity index (χ4n) is 3.26. The summed E-state index contributed by atoms with van der Waals surface area (Å²) in [6.45, 7) is 3.14. The van der Waals surface area contributed by atoms with Crippen molar-refractivity contribution in [2.45, 2.75) is 19.3 Å². The van der Waals surface area contributed by atoms with Crippen molar-refractivity contribution in [3.8, 4) is 0 Å². The number of nitrogens with zero attached hydrogens (tertiary/aromatic N) is 1. The molecule has 0 aromatic heterocycles. The van der Waals surface area contributed by atoms with Gasteiger partial charge in [-0.15, -0.1) is 0 Å². The van der Waals surface area contributed by atoms with E-state index in [-0.39, 0.29) is 16.9 Å². The molecule has 0 unspecified atom stereocenters. The van der Waals surface area contributed by atoms with E-state index >= 15 is 0 Å². The van der Waals surface area contributed by atoms with Crippen molar-refractivity contribution >= 4 is 11.9 Å². The van der Waals surface area contributed by atoms with Crippen LogP contribution in [-0.4, -0.2) is 48.2 Å². The van der Waals surface area contributed by atoms with Crippen LogP contribution in [0.25, 0.3) is 0 Å². The Morgan fingerprint density at radius 2 is 1.67 bits per heavy atom. The van der Waals surface area contributed by atoms with E-state index in [4.69, 9.17) is 9.84 Å². The van der Waals surface area contributed by atoms with Gasteiger partial charge in [0, 0.05) is 31.9 Å². The van der Waals surface area contributed by atoms with Crippen LogP contribution in [0.1, 0.15) is 40.0 Å². The average molecular weight is 289 g/mol. The molecule has 0 bridgehead atoms. The molecule has 112 valence electrons. The van der Waals surface area contributed by atoms with Gasteiger partial charge in [0.15, 0.2) is 0 Å². The molecule has 2 heterocycles. The third-order valence-electron chi connectivity index (χ3n) is 4.66. The van der Waals surface area contributed by atoms with E-state index in [0.717, 1.165) is 45.6 Å². The fraction of sp³-hybridized carbons (Fsp3) is 0.500. The predicted molar refractivity (Wildman–Crippen MR) is 76.4 cm³/mol. The Balaban J connectivity index is 1.69. The minimum absolute atomic E-state index is 0.00435. The second-order valence-electron chi connectivity index (χ2n) is 5.97. The number of rotatable bonds is 2. The van der Waals surface area contributed by atoms with Crippen LogP contribution in [0.2, 0.25) is 0 Å². The molecule has 2 aliphatic rings. The fourth-order valence-corrected chi connectivity index (χ4v) is 3.26.